The fourth-order valence-corrected chi connectivity index (χ4v) is 2.12. The molecule has 100 valence electrons. The Morgan fingerprint density at radius 2 is 2.12 bits per heavy atom. The van der Waals surface area contributed by atoms with Gasteiger partial charge in [0, 0.05) is 19.7 Å². The Kier molecular flexibility index (Phi) is 4.04. The number of hydrogen-bond donors (Lipinski definition) is 1. The summed E-state index contributed by atoms with van der Waals surface area (Å²) in [6, 6.07) is 0.0911. The van der Waals surface area contributed by atoms with E-state index < -0.39 is 11.2 Å². The van der Waals surface area contributed by atoms with Crippen molar-refractivity contribution in [1.82, 2.24) is 4.90 Å². The lowest BCUT2D eigenvalue weighted by atomic mass is 10.0. The van der Waals surface area contributed by atoms with Crippen LogP contribution in [0.3, 0.4) is 0 Å². The molecule has 0 aromatic carbocycles. The van der Waals surface area contributed by atoms with E-state index >= 15 is 0 Å². The number of carbonyl (C=O) groups excluding carboxylic acids is 1. The van der Waals surface area contributed by atoms with Gasteiger partial charge in [0.15, 0.2) is 0 Å². The molecular weight excluding hydrogens is 220 g/mol. The monoisotopic (exact) mass is 244 g/mol. The van der Waals surface area contributed by atoms with E-state index in [-0.39, 0.29) is 12.1 Å². The Morgan fingerprint density at radius 3 is 2.47 bits per heavy atom. The van der Waals surface area contributed by atoms with Crippen molar-refractivity contribution in [2.24, 2.45) is 5.73 Å². The Bertz CT molecular complexity index is 282. The van der Waals surface area contributed by atoms with Crippen LogP contribution >= 0.6 is 0 Å². The normalized spacial score (nSPS) is 29.5. The molecule has 5 heteroatoms. The van der Waals surface area contributed by atoms with Gasteiger partial charge >= 0.3 is 6.09 Å². The molecule has 1 rings (SSSR count). The highest BCUT2D eigenvalue weighted by Gasteiger charge is 2.44. The SMILES string of the molecule is COC1(CN)CC(C)N(C(=O)OC(C)(C)C)C1. The lowest BCUT2D eigenvalue weighted by molar-refractivity contribution is -0.00398. The maximum absolute atomic E-state index is 12.0. The zero-order valence-electron chi connectivity index (χ0n) is 11.4. The molecule has 2 atom stereocenters. The third-order valence-corrected chi connectivity index (χ3v) is 3.09. The van der Waals surface area contributed by atoms with Gasteiger partial charge in [-0.2, -0.15) is 0 Å². The van der Waals surface area contributed by atoms with Crippen molar-refractivity contribution < 1.29 is 14.3 Å². The van der Waals surface area contributed by atoms with E-state index in [9.17, 15) is 4.79 Å². The highest BCUT2D eigenvalue weighted by molar-refractivity contribution is 5.69. The fraction of sp³-hybridized carbons (Fsp3) is 0.917. The third-order valence-electron chi connectivity index (χ3n) is 3.09. The van der Waals surface area contributed by atoms with Crippen LogP contribution in [-0.2, 0) is 9.47 Å². The van der Waals surface area contributed by atoms with Crippen LogP contribution in [0.1, 0.15) is 34.1 Å². The van der Waals surface area contributed by atoms with Crippen LogP contribution in [-0.4, -0.2) is 48.4 Å². The second kappa shape index (κ2) is 4.82. The molecular formula is C12H24N2O3. The van der Waals surface area contributed by atoms with E-state index in [2.05, 4.69) is 0 Å². The second-order valence-corrected chi connectivity index (χ2v) is 5.75. The van der Waals surface area contributed by atoms with Crippen molar-refractivity contribution in [2.75, 3.05) is 20.2 Å². The van der Waals surface area contributed by atoms with Crippen LogP contribution in [0.2, 0.25) is 0 Å². The molecule has 1 saturated heterocycles. The first kappa shape index (κ1) is 14.3. The van der Waals surface area contributed by atoms with Crippen LogP contribution in [0.15, 0.2) is 0 Å². The predicted octanol–water partition coefficient (Wildman–Crippen LogP) is 1.36. The highest BCUT2D eigenvalue weighted by atomic mass is 16.6. The minimum absolute atomic E-state index is 0.0911. The standard InChI is InChI=1S/C12H24N2O3/c1-9-6-12(7-13,16-5)8-14(9)10(15)17-11(2,3)4/h9H,6-8,13H2,1-5H3. The molecule has 0 radical (unpaired) electrons. The number of rotatable bonds is 2. The van der Waals surface area contributed by atoms with Gasteiger partial charge in [0.2, 0.25) is 0 Å². The molecule has 0 aromatic heterocycles. The van der Waals surface area contributed by atoms with Crippen LogP contribution in [0.25, 0.3) is 0 Å². The minimum atomic E-state index is -0.474. The van der Waals surface area contributed by atoms with Gasteiger partial charge in [-0.3, -0.25) is 0 Å². The number of nitrogens with two attached hydrogens (primary N) is 1. The molecule has 0 saturated carbocycles. The van der Waals surface area contributed by atoms with Gasteiger partial charge in [0.05, 0.1) is 12.1 Å². The molecule has 17 heavy (non-hydrogen) atoms. The number of nitrogens with zero attached hydrogens (tertiary/aromatic N) is 1. The number of methoxy groups -OCH3 is 1. The van der Waals surface area contributed by atoms with E-state index in [4.69, 9.17) is 15.2 Å². The van der Waals surface area contributed by atoms with Crippen LogP contribution in [0.4, 0.5) is 4.79 Å². The van der Waals surface area contributed by atoms with Gasteiger partial charge in [-0.1, -0.05) is 0 Å². The van der Waals surface area contributed by atoms with Crippen molar-refractivity contribution >= 4 is 6.09 Å². The maximum Gasteiger partial charge on any atom is 0.410 e. The second-order valence-electron chi connectivity index (χ2n) is 5.75. The summed E-state index contributed by atoms with van der Waals surface area (Å²) in [5.74, 6) is 0. The summed E-state index contributed by atoms with van der Waals surface area (Å²) in [6.07, 6.45) is 0.455. The summed E-state index contributed by atoms with van der Waals surface area (Å²) in [5, 5.41) is 0. The zero-order chi connectivity index (χ0) is 13.3. The van der Waals surface area contributed by atoms with Gasteiger partial charge in [-0.15, -0.1) is 0 Å². The third kappa shape index (κ3) is 3.33. The summed E-state index contributed by atoms with van der Waals surface area (Å²) in [6.45, 7) is 8.47. The van der Waals surface area contributed by atoms with Crippen LogP contribution in [0.5, 0.6) is 0 Å². The zero-order valence-corrected chi connectivity index (χ0v) is 11.4. The van der Waals surface area contributed by atoms with E-state index in [1.807, 2.05) is 27.7 Å². The minimum Gasteiger partial charge on any atom is -0.444 e. The van der Waals surface area contributed by atoms with Gasteiger partial charge in [-0.05, 0) is 34.1 Å². The molecule has 1 fully saturated rings. The van der Waals surface area contributed by atoms with E-state index in [0.29, 0.717) is 13.1 Å². The summed E-state index contributed by atoms with van der Waals surface area (Å²) in [5.41, 5.74) is 4.83. The molecule has 0 bridgehead atoms. The maximum atomic E-state index is 12.0. The number of carbonyl (C=O) groups is 1. The Hall–Kier alpha value is -0.810. The largest absolute Gasteiger partial charge is 0.444 e. The molecule has 1 aliphatic heterocycles. The quantitative estimate of drug-likeness (QED) is 0.796. The predicted molar refractivity (Wildman–Crippen MR) is 65.8 cm³/mol. The molecule has 2 unspecified atom stereocenters. The molecule has 1 aliphatic rings. The summed E-state index contributed by atoms with van der Waals surface area (Å²) in [7, 11) is 1.64. The lowest BCUT2D eigenvalue weighted by Gasteiger charge is -2.28. The van der Waals surface area contributed by atoms with Crippen molar-refractivity contribution in [3.8, 4) is 0 Å². The van der Waals surface area contributed by atoms with Crippen LogP contribution < -0.4 is 5.73 Å². The molecule has 0 spiro atoms. The first-order chi connectivity index (χ1) is 7.73. The smallest absolute Gasteiger partial charge is 0.410 e. The van der Waals surface area contributed by atoms with Crippen LogP contribution in [0, 0.1) is 0 Å². The highest BCUT2D eigenvalue weighted by Crippen LogP contribution is 2.30. The van der Waals surface area contributed by atoms with Gasteiger partial charge < -0.3 is 20.1 Å². The van der Waals surface area contributed by atoms with E-state index in [1.54, 1.807) is 12.0 Å². The molecule has 0 aliphatic carbocycles. The van der Waals surface area contributed by atoms with E-state index in [0.717, 1.165) is 6.42 Å². The molecule has 1 amide bonds. The number of ether oxygens (including phenoxy) is 2. The number of likely N-dealkylation sites (tertiary alicyclic amines) is 1. The van der Waals surface area contributed by atoms with Gasteiger partial charge in [0.25, 0.3) is 0 Å². The van der Waals surface area contributed by atoms with Gasteiger partial charge in [0.1, 0.15) is 5.60 Å². The Morgan fingerprint density at radius 1 is 1.53 bits per heavy atom. The van der Waals surface area contributed by atoms with Crippen molar-refractivity contribution in [3.63, 3.8) is 0 Å². The average molecular weight is 244 g/mol. The summed E-state index contributed by atoms with van der Waals surface area (Å²) < 4.78 is 10.8. The molecule has 2 N–H and O–H groups in total. The molecule has 5 nitrogen and oxygen atoms in total. The first-order valence-corrected chi connectivity index (χ1v) is 5.98. The summed E-state index contributed by atoms with van der Waals surface area (Å²) >= 11 is 0. The number of hydrogen-bond acceptors (Lipinski definition) is 4. The van der Waals surface area contributed by atoms with Gasteiger partial charge in [-0.25, -0.2) is 4.79 Å². The van der Waals surface area contributed by atoms with E-state index in [1.165, 1.54) is 0 Å². The fourth-order valence-electron chi connectivity index (χ4n) is 2.12. The average Bonchev–Trinajstić information content (AvgIpc) is 2.54. The number of amides is 1. The van der Waals surface area contributed by atoms with Crippen molar-refractivity contribution in [1.29, 1.82) is 0 Å². The van der Waals surface area contributed by atoms with Crippen molar-refractivity contribution in [3.05, 3.63) is 0 Å². The first-order valence-electron chi connectivity index (χ1n) is 5.98. The topological polar surface area (TPSA) is 64.8 Å². The van der Waals surface area contributed by atoms with Crippen molar-refractivity contribution in [2.45, 2.75) is 51.4 Å². The molecule has 1 heterocycles. The Labute approximate surface area is 103 Å². The summed E-state index contributed by atoms with van der Waals surface area (Å²) in [4.78, 5) is 13.7. The molecule has 0 aromatic rings. The Balaban J connectivity index is 2.71. The lowest BCUT2D eigenvalue weighted by Crippen LogP contribution is -2.44.